The highest BCUT2D eigenvalue weighted by atomic mass is 19.4. The molecule has 3 aliphatic heterocycles. The molecule has 6 fully saturated rings. The van der Waals surface area contributed by atoms with Crippen molar-refractivity contribution < 1.29 is 92.7 Å². The fourth-order valence-corrected chi connectivity index (χ4v) is 16.4. The van der Waals surface area contributed by atoms with Gasteiger partial charge in [-0.1, -0.05) is 84.3 Å². The zero-order chi connectivity index (χ0) is 76.5. The van der Waals surface area contributed by atoms with Gasteiger partial charge in [-0.05, 0) is 114 Å². The zero-order valence-corrected chi connectivity index (χ0v) is 61.4. The number of carbonyl (C=O) groups excluding carboxylic acids is 12. The van der Waals surface area contributed by atoms with E-state index in [0.717, 1.165) is 53.6 Å². The second-order valence-corrected chi connectivity index (χ2v) is 30.3. The van der Waals surface area contributed by atoms with Gasteiger partial charge in [0.2, 0.25) is 70.9 Å². The van der Waals surface area contributed by atoms with Crippen LogP contribution in [0.25, 0.3) is 0 Å². The van der Waals surface area contributed by atoms with Gasteiger partial charge in [0.25, 0.3) is 0 Å². The molecule has 2 saturated heterocycles. The Kier molecular flexibility index (Phi) is 28.5. The lowest BCUT2D eigenvalue weighted by Crippen LogP contribution is -2.68. The molecule has 12 atom stereocenters. The second-order valence-electron chi connectivity index (χ2n) is 30.3. The topological polar surface area (TPSA) is 270 Å². The summed E-state index contributed by atoms with van der Waals surface area (Å²) in [4.78, 5) is 188. The third-order valence-electron chi connectivity index (χ3n) is 23.1. The van der Waals surface area contributed by atoms with Crippen LogP contribution in [-0.2, 0) is 57.5 Å². The highest BCUT2D eigenvalue weighted by molar-refractivity contribution is 6.01. The van der Waals surface area contributed by atoms with Crippen molar-refractivity contribution in [3.63, 3.8) is 0 Å². The van der Waals surface area contributed by atoms with Crippen LogP contribution in [0.3, 0.4) is 0 Å². The third kappa shape index (κ3) is 19.7. The fourth-order valence-electron chi connectivity index (χ4n) is 16.4. The van der Waals surface area contributed by atoms with Crippen molar-refractivity contribution in [2.75, 3.05) is 82.6 Å². The standard InChI is InChI=1S/C71H108F8N12O12/c1-12-41(3)58-66(101)85(7)40-56(94)87(9)50-27-18-15-21-32-90(65(50)100)53(35-42-23-16-14-17-24-42)64(99)84(6)39-54(92)80-48(29-28-43-33-46(72)57(47(73)34-43)71(77,78)79)62(97)91-38-45(70(74,75)76)36-51(91)61(96)82-69(30-22-31-69)68(103)89(11)59(44-25-19-20-26-44)67(102)88(10)52(63(98)83(4)5)37-55(93)86(8)49(13-2)60(95)81-58/h15,18,41-53,57-59H,12-14,16-17,19-40H2,1-11H3,(H,80,92)(H,81,95)(H,82,96)/b18-15-/t41-,43?,45+,46?,47?,48-,49-,50-,51-,52-,53-,57?,58-,59-/m0/s1. The van der Waals surface area contributed by atoms with Crippen LogP contribution in [0, 0.1) is 35.5 Å². The minimum absolute atomic E-state index is 0.00533. The number of halogens is 8. The first kappa shape index (κ1) is 83.1. The van der Waals surface area contributed by atoms with Crippen LogP contribution < -0.4 is 16.0 Å². The first-order chi connectivity index (χ1) is 48.3. The highest BCUT2D eigenvalue weighted by Crippen LogP contribution is 2.46. The van der Waals surface area contributed by atoms with Crippen molar-refractivity contribution >= 4 is 70.9 Å². The van der Waals surface area contributed by atoms with Gasteiger partial charge in [0.15, 0.2) is 0 Å². The summed E-state index contributed by atoms with van der Waals surface area (Å²) >= 11 is 0. The molecule has 580 valence electrons. The van der Waals surface area contributed by atoms with Gasteiger partial charge in [-0.3, -0.25) is 57.5 Å². The number of rotatable bonds is 10. The van der Waals surface area contributed by atoms with E-state index < -0.39 is 237 Å². The number of likely N-dealkylation sites (N-methyl/N-ethyl adjacent to an activating group) is 7. The summed E-state index contributed by atoms with van der Waals surface area (Å²) in [5.74, 6) is -18.1. The molecule has 7 rings (SSSR count). The average Bonchev–Trinajstić information content (AvgIpc) is 1.69. The molecule has 0 aromatic carbocycles. The third-order valence-corrected chi connectivity index (χ3v) is 23.1. The van der Waals surface area contributed by atoms with E-state index in [-0.39, 0.29) is 51.0 Å². The molecule has 0 aromatic rings. The summed E-state index contributed by atoms with van der Waals surface area (Å²) in [6.45, 7) is 2.41. The van der Waals surface area contributed by atoms with Crippen molar-refractivity contribution in [3.8, 4) is 0 Å². The number of carbonyl (C=O) groups is 12. The largest absolute Gasteiger partial charge is 0.397 e. The van der Waals surface area contributed by atoms with Gasteiger partial charge in [0.05, 0.1) is 25.4 Å². The van der Waals surface area contributed by atoms with E-state index in [1.54, 1.807) is 32.9 Å². The van der Waals surface area contributed by atoms with Crippen molar-refractivity contribution in [1.29, 1.82) is 0 Å². The van der Waals surface area contributed by atoms with Gasteiger partial charge >= 0.3 is 12.4 Å². The molecular weight excluding hydrogens is 1360 g/mol. The smallest absolute Gasteiger partial charge is 0.347 e. The van der Waals surface area contributed by atoms with Crippen LogP contribution in [0.4, 0.5) is 35.1 Å². The van der Waals surface area contributed by atoms with E-state index in [1.165, 1.54) is 61.3 Å². The molecule has 103 heavy (non-hydrogen) atoms. The Bertz CT molecular complexity index is 3100. The molecule has 7 aliphatic rings. The van der Waals surface area contributed by atoms with Gasteiger partial charge in [-0.25, -0.2) is 8.78 Å². The van der Waals surface area contributed by atoms with Crippen molar-refractivity contribution in [2.45, 2.75) is 247 Å². The number of alkyl halides is 8. The number of nitrogens with one attached hydrogen (secondary N) is 3. The van der Waals surface area contributed by atoms with Gasteiger partial charge in [0, 0.05) is 69.5 Å². The lowest BCUT2D eigenvalue weighted by molar-refractivity contribution is -0.219. The SMILES string of the molecule is CC[C@H](C)[C@@H]1NC(=O)[C@H](CC)N(C)C(=O)C[C@@H](C(=O)N(C)C)N(C)C(=O)[C@H](C2CCCC2)N(C)C(=O)C2(CCC2)NC(=O)[C@@H]2C[C@@H](C(F)(F)F)CN2C(=O)[C@H](CCC2CC(F)C(C(F)(F)F)C(F)C2)NC(=O)CN(C)C(=O)[C@H](CC2CCCCC2)N2CC/C=C\C[C@@H](C2=O)N(C)C(=O)CN(C)C1=O. The Hall–Kier alpha value is -7.18. The maximum Gasteiger partial charge on any atom is 0.397 e. The first-order valence-electron chi connectivity index (χ1n) is 36.6. The van der Waals surface area contributed by atoms with E-state index in [0.29, 0.717) is 56.3 Å². The molecule has 1 spiro atoms. The van der Waals surface area contributed by atoms with Crippen LogP contribution >= 0.6 is 0 Å². The Labute approximate surface area is 598 Å². The van der Waals surface area contributed by atoms with Crippen LogP contribution in [0.5, 0.6) is 0 Å². The van der Waals surface area contributed by atoms with Crippen LogP contribution in [0.2, 0.25) is 0 Å². The molecule has 24 nitrogen and oxygen atoms in total. The molecular formula is C71H108F8N12O12. The maximum absolute atomic E-state index is 15.4. The molecule has 12 amide bonds. The molecule has 4 saturated carbocycles. The predicted octanol–water partition coefficient (Wildman–Crippen LogP) is 5.70. The van der Waals surface area contributed by atoms with Gasteiger partial charge < -0.3 is 60.0 Å². The number of nitrogens with zero attached hydrogens (tertiary/aromatic N) is 9. The quantitative estimate of drug-likeness (QED) is 0.176. The molecule has 2 bridgehead atoms. The van der Waals surface area contributed by atoms with Crippen LogP contribution in [0.15, 0.2) is 12.2 Å². The Morgan fingerprint density at radius 2 is 1.23 bits per heavy atom. The zero-order valence-electron chi connectivity index (χ0n) is 61.4. The molecule has 0 aromatic heterocycles. The second kappa shape index (κ2) is 35.3. The van der Waals surface area contributed by atoms with Crippen molar-refractivity contribution in [3.05, 3.63) is 12.2 Å². The number of fused-ring (bicyclic) bond motifs is 3. The first-order valence-corrected chi connectivity index (χ1v) is 36.6. The van der Waals surface area contributed by atoms with Gasteiger partial charge in [0.1, 0.15) is 72.1 Å². The van der Waals surface area contributed by atoms with E-state index in [4.69, 9.17) is 0 Å². The van der Waals surface area contributed by atoms with E-state index >= 15 is 50.7 Å². The summed E-state index contributed by atoms with van der Waals surface area (Å²) in [6, 6.07) is -12.0. The predicted molar refractivity (Wildman–Crippen MR) is 361 cm³/mol. The maximum atomic E-state index is 15.4. The molecule has 4 aliphatic carbocycles. The van der Waals surface area contributed by atoms with E-state index in [9.17, 15) is 41.9 Å². The van der Waals surface area contributed by atoms with Crippen LogP contribution in [0.1, 0.15) is 168 Å². The minimum atomic E-state index is -5.26. The minimum Gasteiger partial charge on any atom is -0.347 e. The summed E-state index contributed by atoms with van der Waals surface area (Å²) in [5.41, 5.74) is -1.90. The monoisotopic (exact) mass is 1470 g/mol. The summed E-state index contributed by atoms with van der Waals surface area (Å²) in [6.07, 6.45) is -10.1. The fraction of sp³-hybridized carbons (Fsp3) is 0.803. The van der Waals surface area contributed by atoms with Gasteiger partial charge in [-0.15, -0.1) is 0 Å². The van der Waals surface area contributed by atoms with E-state index in [1.807, 2.05) is 0 Å². The molecule has 32 heteroatoms. The lowest BCUT2D eigenvalue weighted by Gasteiger charge is -2.46. The molecule has 2 unspecified atom stereocenters. The summed E-state index contributed by atoms with van der Waals surface area (Å²) in [7, 11) is 10.7. The number of hydrogen-bond donors (Lipinski definition) is 3. The summed E-state index contributed by atoms with van der Waals surface area (Å²) in [5, 5.41) is 7.94. The van der Waals surface area contributed by atoms with Gasteiger partial charge in [-0.2, -0.15) is 26.3 Å². The Morgan fingerprint density at radius 1 is 0.621 bits per heavy atom. The normalized spacial score (nSPS) is 31.6. The molecule has 0 radical (unpaired) electrons. The average molecular weight is 1470 g/mol. The molecule has 3 heterocycles. The highest BCUT2D eigenvalue weighted by Gasteiger charge is 2.58. The Morgan fingerprint density at radius 3 is 1.80 bits per heavy atom. The molecule has 3 N–H and O–H groups in total. The number of hydrogen-bond acceptors (Lipinski definition) is 12. The lowest BCUT2D eigenvalue weighted by atomic mass is 9.74. The Balaban J connectivity index is 1.31. The van der Waals surface area contributed by atoms with Crippen molar-refractivity contribution in [2.24, 2.45) is 35.5 Å². The van der Waals surface area contributed by atoms with E-state index in [2.05, 4.69) is 16.0 Å². The van der Waals surface area contributed by atoms with Crippen LogP contribution in [-0.4, -0.2) is 276 Å². The number of amides is 12. The summed E-state index contributed by atoms with van der Waals surface area (Å²) < 4.78 is 118. The van der Waals surface area contributed by atoms with Crippen molar-refractivity contribution in [1.82, 2.24) is 60.0 Å².